The zero-order valence-corrected chi connectivity index (χ0v) is 11.7. The van der Waals surface area contributed by atoms with Gasteiger partial charge in [-0.3, -0.25) is 0 Å². The molecule has 4 nitrogen and oxygen atoms in total. The fourth-order valence-electron chi connectivity index (χ4n) is 2.61. The van der Waals surface area contributed by atoms with E-state index in [1.807, 2.05) is 24.3 Å². The van der Waals surface area contributed by atoms with Crippen LogP contribution in [0.4, 0.5) is 5.69 Å². The van der Waals surface area contributed by atoms with E-state index in [1.54, 1.807) is 0 Å². The highest BCUT2D eigenvalue weighted by atomic mass is 15.3. The van der Waals surface area contributed by atoms with Crippen molar-refractivity contribution in [2.45, 2.75) is 25.4 Å². The normalized spacial score (nSPS) is 24.8. The monoisotopic (exact) mass is 258 g/mol. The van der Waals surface area contributed by atoms with E-state index < -0.39 is 0 Å². The van der Waals surface area contributed by atoms with Crippen molar-refractivity contribution in [1.29, 1.82) is 5.26 Å². The van der Waals surface area contributed by atoms with E-state index >= 15 is 0 Å². The van der Waals surface area contributed by atoms with Crippen molar-refractivity contribution in [1.82, 2.24) is 4.90 Å². The van der Waals surface area contributed by atoms with Crippen molar-refractivity contribution in [3.05, 3.63) is 29.8 Å². The summed E-state index contributed by atoms with van der Waals surface area (Å²) < 4.78 is 0. The lowest BCUT2D eigenvalue weighted by Gasteiger charge is -2.32. The van der Waals surface area contributed by atoms with Crippen LogP contribution >= 0.6 is 0 Å². The second-order valence-electron chi connectivity index (χ2n) is 5.32. The summed E-state index contributed by atoms with van der Waals surface area (Å²) in [6.45, 7) is 4.91. The first-order valence-electron chi connectivity index (χ1n) is 6.82. The third kappa shape index (κ3) is 3.06. The Hall–Kier alpha value is -1.57. The minimum absolute atomic E-state index is 0.336. The zero-order valence-electron chi connectivity index (χ0n) is 11.7. The Morgan fingerprint density at radius 1 is 1.37 bits per heavy atom. The molecule has 0 saturated carbocycles. The summed E-state index contributed by atoms with van der Waals surface area (Å²) in [7, 11) is 2.16. The van der Waals surface area contributed by atoms with Gasteiger partial charge in [0, 0.05) is 31.4 Å². The second kappa shape index (κ2) is 6.05. The third-order valence-corrected chi connectivity index (χ3v) is 4.08. The van der Waals surface area contributed by atoms with Crippen molar-refractivity contribution in [3.8, 4) is 6.07 Å². The van der Waals surface area contributed by atoms with Crippen LogP contribution < -0.4 is 10.6 Å². The lowest BCUT2D eigenvalue weighted by atomic mass is 10.1. The number of likely N-dealkylation sites (N-methyl/N-ethyl adjacent to an activating group) is 1. The minimum atomic E-state index is 0.336. The third-order valence-electron chi connectivity index (χ3n) is 4.08. The molecule has 2 rings (SSSR count). The van der Waals surface area contributed by atoms with Crippen LogP contribution in [0.2, 0.25) is 0 Å². The number of nitrogens with zero attached hydrogens (tertiary/aromatic N) is 3. The molecule has 1 aromatic carbocycles. The molecule has 0 aromatic heterocycles. The maximum absolute atomic E-state index is 8.86. The molecule has 0 bridgehead atoms. The van der Waals surface area contributed by atoms with E-state index in [0.717, 1.165) is 25.2 Å². The molecular weight excluding hydrogens is 236 g/mol. The van der Waals surface area contributed by atoms with Gasteiger partial charge in [-0.15, -0.1) is 0 Å². The van der Waals surface area contributed by atoms with Gasteiger partial charge < -0.3 is 15.5 Å². The summed E-state index contributed by atoms with van der Waals surface area (Å²) in [6.07, 6.45) is 1.13. The second-order valence-corrected chi connectivity index (χ2v) is 5.32. The van der Waals surface area contributed by atoms with Gasteiger partial charge in [0.15, 0.2) is 0 Å². The van der Waals surface area contributed by atoms with Gasteiger partial charge in [0.25, 0.3) is 0 Å². The highest BCUT2D eigenvalue weighted by molar-refractivity contribution is 5.51. The first kappa shape index (κ1) is 13.9. The Morgan fingerprint density at radius 3 is 2.63 bits per heavy atom. The number of hydrogen-bond acceptors (Lipinski definition) is 4. The fourth-order valence-corrected chi connectivity index (χ4v) is 2.61. The number of anilines is 1. The Kier molecular flexibility index (Phi) is 4.41. The molecule has 0 aliphatic carbocycles. The lowest BCUT2D eigenvalue weighted by Crippen LogP contribution is -2.45. The van der Waals surface area contributed by atoms with E-state index in [0.29, 0.717) is 24.2 Å². The zero-order chi connectivity index (χ0) is 13.8. The molecule has 4 heteroatoms. The molecule has 0 amide bonds. The summed E-state index contributed by atoms with van der Waals surface area (Å²) in [5.74, 6) is 0. The van der Waals surface area contributed by atoms with Crippen LogP contribution in [-0.2, 0) is 0 Å². The van der Waals surface area contributed by atoms with E-state index in [2.05, 4.69) is 29.8 Å². The summed E-state index contributed by atoms with van der Waals surface area (Å²) in [6, 6.07) is 10.9. The van der Waals surface area contributed by atoms with Crippen LogP contribution in [0.5, 0.6) is 0 Å². The topological polar surface area (TPSA) is 56.3 Å². The van der Waals surface area contributed by atoms with Crippen molar-refractivity contribution < 1.29 is 0 Å². The summed E-state index contributed by atoms with van der Waals surface area (Å²) >= 11 is 0. The van der Waals surface area contributed by atoms with Crippen molar-refractivity contribution in [2.75, 3.05) is 31.6 Å². The average molecular weight is 258 g/mol. The Balaban J connectivity index is 2.22. The first-order valence-corrected chi connectivity index (χ1v) is 6.82. The van der Waals surface area contributed by atoms with Crippen molar-refractivity contribution in [3.63, 3.8) is 0 Å². The van der Waals surface area contributed by atoms with Gasteiger partial charge in [-0.1, -0.05) is 0 Å². The Morgan fingerprint density at radius 2 is 2.05 bits per heavy atom. The Bertz CT molecular complexity index is 448. The maximum Gasteiger partial charge on any atom is 0.0991 e. The van der Waals surface area contributed by atoms with Crippen LogP contribution in [-0.4, -0.2) is 43.7 Å². The number of rotatable bonds is 2. The van der Waals surface area contributed by atoms with Gasteiger partial charge >= 0.3 is 0 Å². The number of hydrogen-bond donors (Lipinski definition) is 1. The van der Waals surface area contributed by atoms with Crippen LogP contribution in [0.3, 0.4) is 0 Å². The smallest absolute Gasteiger partial charge is 0.0991 e. The summed E-state index contributed by atoms with van der Waals surface area (Å²) in [5.41, 5.74) is 7.81. The summed E-state index contributed by atoms with van der Waals surface area (Å²) in [4.78, 5) is 4.75. The Labute approximate surface area is 115 Å². The van der Waals surface area contributed by atoms with Gasteiger partial charge in [0.05, 0.1) is 17.7 Å². The highest BCUT2D eigenvalue weighted by Gasteiger charge is 2.25. The van der Waals surface area contributed by atoms with Crippen LogP contribution in [0.1, 0.15) is 18.9 Å². The van der Waals surface area contributed by atoms with E-state index in [9.17, 15) is 0 Å². The first-order chi connectivity index (χ1) is 9.15. The van der Waals surface area contributed by atoms with Gasteiger partial charge in [0.1, 0.15) is 0 Å². The molecule has 1 fully saturated rings. The molecule has 1 aromatic rings. The fraction of sp³-hybridized carbons (Fsp3) is 0.533. The molecule has 1 saturated heterocycles. The standard InChI is InChI=1S/C15H22N4/c1-12-7-8-19(15(10-17)11-18(12)2)14-5-3-13(9-16)4-6-14/h3-6,12,15H,7-8,10-11,17H2,1-2H3. The lowest BCUT2D eigenvalue weighted by molar-refractivity contribution is 0.256. The van der Waals surface area contributed by atoms with Crippen molar-refractivity contribution >= 4 is 5.69 Å². The van der Waals surface area contributed by atoms with Gasteiger partial charge in [0.2, 0.25) is 0 Å². The highest BCUT2D eigenvalue weighted by Crippen LogP contribution is 2.22. The molecule has 1 aliphatic rings. The molecule has 2 atom stereocenters. The molecule has 0 radical (unpaired) electrons. The SMILES string of the molecule is CC1CCN(c2ccc(C#N)cc2)C(CN)CN1C. The summed E-state index contributed by atoms with van der Waals surface area (Å²) in [5, 5.41) is 8.86. The molecule has 2 N–H and O–H groups in total. The number of nitriles is 1. The molecular formula is C15H22N4. The van der Waals surface area contributed by atoms with Crippen molar-refractivity contribution in [2.24, 2.45) is 5.73 Å². The van der Waals surface area contributed by atoms with E-state index in [1.165, 1.54) is 0 Å². The maximum atomic E-state index is 8.86. The quantitative estimate of drug-likeness (QED) is 0.871. The van der Waals surface area contributed by atoms with E-state index in [4.69, 9.17) is 11.0 Å². The van der Waals surface area contributed by atoms with Gasteiger partial charge in [-0.05, 0) is 44.7 Å². The van der Waals surface area contributed by atoms with Crippen LogP contribution in [0.15, 0.2) is 24.3 Å². The number of benzene rings is 1. The predicted octanol–water partition coefficient (Wildman–Crippen LogP) is 1.42. The van der Waals surface area contributed by atoms with Gasteiger partial charge in [-0.25, -0.2) is 0 Å². The number of nitrogens with two attached hydrogens (primary N) is 1. The molecule has 102 valence electrons. The predicted molar refractivity (Wildman–Crippen MR) is 78.1 cm³/mol. The van der Waals surface area contributed by atoms with Gasteiger partial charge in [-0.2, -0.15) is 5.26 Å². The average Bonchev–Trinajstić information content (AvgIpc) is 2.59. The molecule has 19 heavy (non-hydrogen) atoms. The molecule has 1 aliphatic heterocycles. The van der Waals surface area contributed by atoms with E-state index in [-0.39, 0.29) is 0 Å². The largest absolute Gasteiger partial charge is 0.366 e. The molecule has 1 heterocycles. The van der Waals surface area contributed by atoms with Crippen LogP contribution in [0.25, 0.3) is 0 Å². The van der Waals surface area contributed by atoms with Crippen LogP contribution in [0, 0.1) is 11.3 Å². The molecule has 2 unspecified atom stereocenters. The minimum Gasteiger partial charge on any atom is -0.366 e. The molecule has 0 spiro atoms.